The third kappa shape index (κ3) is 5.81. The van der Waals surface area contributed by atoms with E-state index in [0.29, 0.717) is 23.7 Å². The zero-order valence-corrected chi connectivity index (χ0v) is 14.8. The summed E-state index contributed by atoms with van der Waals surface area (Å²) in [5, 5.41) is 11.9. The minimum absolute atomic E-state index is 0.224. The number of carbonyl (C=O) groups excluding carboxylic acids is 1. The lowest BCUT2D eigenvalue weighted by Crippen LogP contribution is -2.39. The molecule has 0 unspecified atom stereocenters. The van der Waals surface area contributed by atoms with E-state index in [1.54, 1.807) is 43.3 Å². The molecule has 0 bridgehead atoms. The maximum absolute atomic E-state index is 12.4. The Hall–Kier alpha value is -3.02. The van der Waals surface area contributed by atoms with Gasteiger partial charge in [0.2, 0.25) is 0 Å². The van der Waals surface area contributed by atoms with Crippen molar-refractivity contribution in [2.45, 2.75) is 32.4 Å². The normalized spacial score (nSPS) is 12.7. The monoisotopic (exact) mass is 357 g/mol. The second kappa shape index (κ2) is 9.46. The van der Waals surface area contributed by atoms with Gasteiger partial charge < -0.3 is 19.9 Å². The summed E-state index contributed by atoms with van der Waals surface area (Å²) in [6.07, 6.45) is -0.978. The number of carboxylic acids is 1. The molecule has 2 aromatic carbocycles. The minimum Gasteiger partial charge on any atom is -0.494 e. The highest BCUT2D eigenvalue weighted by Gasteiger charge is 2.22. The van der Waals surface area contributed by atoms with Crippen LogP contribution in [0.4, 0.5) is 0 Å². The van der Waals surface area contributed by atoms with Crippen molar-refractivity contribution >= 4 is 11.9 Å². The van der Waals surface area contributed by atoms with Crippen LogP contribution in [0.2, 0.25) is 0 Å². The molecule has 2 atom stereocenters. The summed E-state index contributed by atoms with van der Waals surface area (Å²) in [5.74, 6) is -0.113. The molecule has 0 heterocycles. The molecule has 0 saturated heterocycles. The molecule has 0 aliphatic carbocycles. The number of ether oxygens (including phenoxy) is 2. The average molecular weight is 357 g/mol. The fourth-order valence-electron chi connectivity index (χ4n) is 2.44. The van der Waals surface area contributed by atoms with Crippen LogP contribution < -0.4 is 14.8 Å². The Labute approximate surface area is 152 Å². The number of aliphatic carboxylic acids is 1. The first-order chi connectivity index (χ1) is 12.5. The van der Waals surface area contributed by atoms with E-state index in [1.807, 2.05) is 25.1 Å². The van der Waals surface area contributed by atoms with E-state index >= 15 is 0 Å². The second-order valence-corrected chi connectivity index (χ2v) is 5.73. The quantitative estimate of drug-likeness (QED) is 0.720. The maximum Gasteiger partial charge on any atom is 0.305 e. The van der Waals surface area contributed by atoms with E-state index in [2.05, 4.69) is 5.32 Å². The standard InChI is InChI=1S/C20H23NO5/c1-3-25-16-11-9-15(10-12-16)18(13-19(22)23)21-20(24)14(2)26-17-7-5-4-6-8-17/h4-12,14,18H,3,13H2,1-2H3,(H,21,24)(H,22,23)/t14-,18+/m1/s1. The highest BCUT2D eigenvalue weighted by atomic mass is 16.5. The van der Waals surface area contributed by atoms with Gasteiger partial charge in [0.1, 0.15) is 11.5 Å². The zero-order chi connectivity index (χ0) is 18.9. The molecule has 2 aromatic rings. The topological polar surface area (TPSA) is 84.9 Å². The number of para-hydroxylation sites is 1. The number of nitrogens with one attached hydrogen (secondary N) is 1. The van der Waals surface area contributed by atoms with Gasteiger partial charge in [-0.25, -0.2) is 0 Å². The highest BCUT2D eigenvalue weighted by Crippen LogP contribution is 2.21. The summed E-state index contributed by atoms with van der Waals surface area (Å²) in [6.45, 7) is 4.05. The summed E-state index contributed by atoms with van der Waals surface area (Å²) in [4.78, 5) is 23.6. The molecule has 2 rings (SSSR count). The molecular weight excluding hydrogens is 334 g/mol. The lowest BCUT2D eigenvalue weighted by molar-refractivity contribution is -0.138. The van der Waals surface area contributed by atoms with E-state index in [0.717, 1.165) is 0 Å². The molecule has 1 amide bonds. The van der Waals surface area contributed by atoms with Gasteiger partial charge in [-0.15, -0.1) is 0 Å². The number of carbonyl (C=O) groups is 2. The second-order valence-electron chi connectivity index (χ2n) is 5.73. The molecule has 0 aromatic heterocycles. The molecule has 6 heteroatoms. The molecule has 0 fully saturated rings. The van der Waals surface area contributed by atoms with E-state index in [1.165, 1.54) is 0 Å². The van der Waals surface area contributed by atoms with Crippen LogP contribution in [-0.2, 0) is 9.59 Å². The van der Waals surface area contributed by atoms with Gasteiger partial charge in [-0.1, -0.05) is 30.3 Å². The molecule has 0 radical (unpaired) electrons. The molecule has 6 nitrogen and oxygen atoms in total. The molecule has 0 aliphatic rings. The largest absolute Gasteiger partial charge is 0.494 e. The van der Waals surface area contributed by atoms with Crippen molar-refractivity contribution in [3.63, 3.8) is 0 Å². The van der Waals surface area contributed by atoms with Crippen LogP contribution in [-0.4, -0.2) is 29.7 Å². The van der Waals surface area contributed by atoms with Crippen molar-refractivity contribution in [1.82, 2.24) is 5.32 Å². The SMILES string of the molecule is CCOc1ccc([C@H](CC(=O)O)NC(=O)[C@@H](C)Oc2ccccc2)cc1. The molecular formula is C20H23NO5. The van der Waals surface area contributed by atoms with Gasteiger partial charge in [0.05, 0.1) is 19.1 Å². The van der Waals surface area contributed by atoms with Crippen LogP contribution in [0, 0.1) is 0 Å². The van der Waals surface area contributed by atoms with E-state index in [4.69, 9.17) is 14.6 Å². The summed E-state index contributed by atoms with van der Waals surface area (Å²) in [5.41, 5.74) is 0.691. The van der Waals surface area contributed by atoms with Crippen molar-refractivity contribution in [2.24, 2.45) is 0 Å². The zero-order valence-electron chi connectivity index (χ0n) is 14.8. The fraction of sp³-hybridized carbons (Fsp3) is 0.300. The van der Waals surface area contributed by atoms with Gasteiger partial charge >= 0.3 is 5.97 Å². The Morgan fingerprint density at radius 2 is 1.69 bits per heavy atom. The number of benzene rings is 2. The first-order valence-electron chi connectivity index (χ1n) is 8.46. The number of amides is 1. The van der Waals surface area contributed by atoms with Crippen molar-refractivity contribution in [1.29, 1.82) is 0 Å². The van der Waals surface area contributed by atoms with Gasteiger partial charge in [0.15, 0.2) is 6.10 Å². The summed E-state index contributed by atoms with van der Waals surface area (Å²) >= 11 is 0. The Bertz CT molecular complexity index is 715. The number of hydrogen-bond acceptors (Lipinski definition) is 4. The smallest absolute Gasteiger partial charge is 0.305 e. The first-order valence-corrected chi connectivity index (χ1v) is 8.46. The fourth-order valence-corrected chi connectivity index (χ4v) is 2.44. The Balaban J connectivity index is 2.06. The van der Waals surface area contributed by atoms with Gasteiger partial charge in [-0.05, 0) is 43.7 Å². The van der Waals surface area contributed by atoms with Crippen molar-refractivity contribution in [3.8, 4) is 11.5 Å². The number of rotatable bonds is 9. The Morgan fingerprint density at radius 3 is 2.27 bits per heavy atom. The lowest BCUT2D eigenvalue weighted by atomic mass is 10.0. The summed E-state index contributed by atoms with van der Waals surface area (Å²) < 4.78 is 11.0. The third-order valence-electron chi connectivity index (χ3n) is 3.71. The van der Waals surface area contributed by atoms with Gasteiger partial charge in [-0.2, -0.15) is 0 Å². The predicted molar refractivity (Wildman–Crippen MR) is 97.3 cm³/mol. The molecule has 0 spiro atoms. The van der Waals surface area contributed by atoms with E-state index in [-0.39, 0.29) is 12.3 Å². The van der Waals surface area contributed by atoms with Crippen LogP contribution in [0.25, 0.3) is 0 Å². The third-order valence-corrected chi connectivity index (χ3v) is 3.71. The van der Waals surface area contributed by atoms with Gasteiger partial charge in [0.25, 0.3) is 5.91 Å². The average Bonchev–Trinajstić information content (AvgIpc) is 2.62. The van der Waals surface area contributed by atoms with Gasteiger partial charge in [-0.3, -0.25) is 9.59 Å². The van der Waals surface area contributed by atoms with Crippen molar-refractivity contribution in [2.75, 3.05) is 6.61 Å². The maximum atomic E-state index is 12.4. The molecule has 0 saturated carbocycles. The molecule has 2 N–H and O–H groups in total. The van der Waals surface area contributed by atoms with Crippen molar-refractivity contribution in [3.05, 3.63) is 60.2 Å². The van der Waals surface area contributed by atoms with E-state index < -0.39 is 18.1 Å². The molecule has 26 heavy (non-hydrogen) atoms. The Morgan fingerprint density at radius 1 is 1.04 bits per heavy atom. The first kappa shape index (κ1) is 19.3. The lowest BCUT2D eigenvalue weighted by Gasteiger charge is -2.21. The molecule has 0 aliphatic heterocycles. The minimum atomic E-state index is -0.999. The van der Waals surface area contributed by atoms with Crippen LogP contribution in [0.5, 0.6) is 11.5 Å². The predicted octanol–water partition coefficient (Wildman–Crippen LogP) is 3.18. The van der Waals surface area contributed by atoms with Gasteiger partial charge in [0, 0.05) is 0 Å². The highest BCUT2D eigenvalue weighted by molar-refractivity contribution is 5.82. The van der Waals surface area contributed by atoms with E-state index in [9.17, 15) is 9.59 Å². The Kier molecular flexibility index (Phi) is 7.02. The van der Waals surface area contributed by atoms with Crippen LogP contribution >= 0.6 is 0 Å². The summed E-state index contributed by atoms with van der Waals surface area (Å²) in [6, 6.07) is 15.3. The van der Waals surface area contributed by atoms with Crippen molar-refractivity contribution < 1.29 is 24.2 Å². The molecule has 138 valence electrons. The van der Waals surface area contributed by atoms with Crippen LogP contribution in [0.3, 0.4) is 0 Å². The van der Waals surface area contributed by atoms with Crippen LogP contribution in [0.15, 0.2) is 54.6 Å². The summed E-state index contributed by atoms with van der Waals surface area (Å²) in [7, 11) is 0. The van der Waals surface area contributed by atoms with Crippen LogP contribution in [0.1, 0.15) is 31.9 Å². The number of carboxylic acid groups (broad SMARTS) is 1. The number of hydrogen-bond donors (Lipinski definition) is 2.